The van der Waals surface area contributed by atoms with E-state index >= 15 is 0 Å². The Hall–Kier alpha value is -1.56. The van der Waals surface area contributed by atoms with Gasteiger partial charge in [-0.15, -0.1) is 0 Å². The molecular formula is C13H16BrN3O2. The van der Waals surface area contributed by atoms with Crippen molar-refractivity contribution in [3.05, 3.63) is 28.2 Å². The highest BCUT2D eigenvalue weighted by Gasteiger charge is 2.20. The van der Waals surface area contributed by atoms with Gasteiger partial charge in [-0.3, -0.25) is 4.79 Å². The van der Waals surface area contributed by atoms with Gasteiger partial charge in [-0.05, 0) is 30.7 Å². The Morgan fingerprint density at radius 2 is 2.00 bits per heavy atom. The van der Waals surface area contributed by atoms with Gasteiger partial charge in [0.25, 0.3) is 0 Å². The van der Waals surface area contributed by atoms with E-state index < -0.39 is 0 Å². The molecule has 0 saturated carbocycles. The monoisotopic (exact) mass is 325 g/mol. The van der Waals surface area contributed by atoms with Gasteiger partial charge in [-0.1, -0.05) is 15.9 Å². The van der Waals surface area contributed by atoms with Crippen molar-refractivity contribution in [3.8, 4) is 0 Å². The Labute approximate surface area is 120 Å². The van der Waals surface area contributed by atoms with Crippen LogP contribution in [0.2, 0.25) is 0 Å². The molecule has 19 heavy (non-hydrogen) atoms. The smallest absolute Gasteiger partial charge is 0.321 e. The van der Waals surface area contributed by atoms with Crippen molar-refractivity contribution in [1.82, 2.24) is 9.80 Å². The average Bonchev–Trinajstić information content (AvgIpc) is 2.43. The number of urea groups is 1. The maximum absolute atomic E-state index is 12.1. The van der Waals surface area contributed by atoms with Crippen LogP contribution < -0.4 is 5.32 Å². The minimum absolute atomic E-state index is 0.118. The molecule has 1 saturated heterocycles. The van der Waals surface area contributed by atoms with Crippen LogP contribution >= 0.6 is 15.9 Å². The number of rotatable bonds is 2. The summed E-state index contributed by atoms with van der Waals surface area (Å²) in [6.45, 7) is 4.30. The van der Waals surface area contributed by atoms with Crippen LogP contribution in [0.3, 0.4) is 0 Å². The molecular weight excluding hydrogens is 310 g/mol. The van der Waals surface area contributed by atoms with Crippen molar-refractivity contribution in [2.24, 2.45) is 0 Å². The molecule has 102 valence electrons. The minimum Gasteiger partial charge on any atom is -0.342 e. The number of amides is 3. The van der Waals surface area contributed by atoms with Crippen molar-refractivity contribution in [3.63, 3.8) is 0 Å². The standard InChI is InChI=1S/C13H16BrN3O2/c1-10-8-11(2-3-12(10)14)15-13(19)17-6-4-16(9-18)5-7-17/h2-3,8-9H,4-7H2,1H3,(H,15,19). The summed E-state index contributed by atoms with van der Waals surface area (Å²) in [5, 5.41) is 2.87. The normalized spacial score (nSPS) is 15.3. The predicted molar refractivity (Wildman–Crippen MR) is 77.1 cm³/mol. The van der Waals surface area contributed by atoms with E-state index in [2.05, 4.69) is 21.2 Å². The quantitative estimate of drug-likeness (QED) is 0.846. The van der Waals surface area contributed by atoms with Crippen LogP contribution in [0.1, 0.15) is 5.56 Å². The summed E-state index contributed by atoms with van der Waals surface area (Å²) in [5.41, 5.74) is 1.85. The zero-order valence-corrected chi connectivity index (χ0v) is 12.3. The molecule has 0 aliphatic carbocycles. The van der Waals surface area contributed by atoms with E-state index in [1.165, 1.54) is 0 Å². The summed E-state index contributed by atoms with van der Waals surface area (Å²) < 4.78 is 1.02. The Kier molecular flexibility index (Phi) is 4.42. The van der Waals surface area contributed by atoms with E-state index in [1.807, 2.05) is 25.1 Å². The second-order valence-electron chi connectivity index (χ2n) is 4.52. The summed E-state index contributed by atoms with van der Waals surface area (Å²) in [7, 11) is 0. The average molecular weight is 326 g/mol. The molecule has 1 N–H and O–H groups in total. The van der Waals surface area contributed by atoms with E-state index in [9.17, 15) is 9.59 Å². The molecule has 0 spiro atoms. The zero-order chi connectivity index (χ0) is 13.8. The van der Waals surface area contributed by atoms with Gasteiger partial charge in [-0.2, -0.15) is 0 Å². The molecule has 0 radical (unpaired) electrons. The fourth-order valence-electron chi connectivity index (χ4n) is 1.96. The number of aryl methyl sites for hydroxylation is 1. The van der Waals surface area contributed by atoms with E-state index in [-0.39, 0.29) is 6.03 Å². The number of hydrogen-bond acceptors (Lipinski definition) is 2. The first-order chi connectivity index (χ1) is 9.10. The number of nitrogens with zero attached hydrogens (tertiary/aromatic N) is 2. The Morgan fingerprint density at radius 1 is 1.32 bits per heavy atom. The molecule has 1 aliphatic heterocycles. The summed E-state index contributed by atoms with van der Waals surface area (Å²) in [6, 6.07) is 5.57. The van der Waals surface area contributed by atoms with Gasteiger partial charge in [0.05, 0.1) is 0 Å². The fraction of sp³-hybridized carbons (Fsp3) is 0.385. The van der Waals surface area contributed by atoms with Crippen LogP contribution in [-0.4, -0.2) is 48.4 Å². The molecule has 0 unspecified atom stereocenters. The van der Waals surface area contributed by atoms with Gasteiger partial charge in [0.1, 0.15) is 0 Å². The van der Waals surface area contributed by atoms with Crippen molar-refractivity contribution < 1.29 is 9.59 Å². The summed E-state index contributed by atoms with van der Waals surface area (Å²) in [4.78, 5) is 26.0. The molecule has 0 atom stereocenters. The van der Waals surface area contributed by atoms with Crippen molar-refractivity contribution in [2.45, 2.75) is 6.92 Å². The van der Waals surface area contributed by atoms with Gasteiger partial charge >= 0.3 is 6.03 Å². The lowest BCUT2D eigenvalue weighted by atomic mass is 10.2. The second kappa shape index (κ2) is 6.06. The number of halogens is 1. The number of piperazine rings is 1. The molecule has 6 heteroatoms. The highest BCUT2D eigenvalue weighted by molar-refractivity contribution is 9.10. The molecule has 1 heterocycles. The molecule has 1 aliphatic rings. The third-order valence-corrected chi connectivity index (χ3v) is 4.05. The lowest BCUT2D eigenvalue weighted by molar-refractivity contribution is -0.119. The molecule has 0 aromatic heterocycles. The largest absolute Gasteiger partial charge is 0.342 e. The van der Waals surface area contributed by atoms with Gasteiger partial charge in [-0.25, -0.2) is 4.79 Å². The Bertz CT molecular complexity index is 485. The molecule has 1 aromatic rings. The van der Waals surface area contributed by atoms with E-state index in [1.54, 1.807) is 9.80 Å². The summed E-state index contributed by atoms with van der Waals surface area (Å²) in [6.07, 6.45) is 0.827. The molecule has 5 nitrogen and oxygen atoms in total. The topological polar surface area (TPSA) is 52.7 Å². The van der Waals surface area contributed by atoms with Gasteiger partial charge in [0.15, 0.2) is 0 Å². The maximum atomic E-state index is 12.1. The van der Waals surface area contributed by atoms with Crippen LogP contribution in [0.5, 0.6) is 0 Å². The van der Waals surface area contributed by atoms with Crippen molar-refractivity contribution in [2.75, 3.05) is 31.5 Å². The van der Waals surface area contributed by atoms with Crippen molar-refractivity contribution >= 4 is 34.1 Å². The fourth-order valence-corrected chi connectivity index (χ4v) is 2.20. The second-order valence-corrected chi connectivity index (χ2v) is 5.38. The third kappa shape index (κ3) is 3.47. The predicted octanol–water partition coefficient (Wildman–Crippen LogP) is 2.06. The first kappa shape index (κ1) is 13.9. The minimum atomic E-state index is -0.118. The van der Waals surface area contributed by atoms with Gasteiger partial charge < -0.3 is 15.1 Å². The van der Waals surface area contributed by atoms with Crippen molar-refractivity contribution in [1.29, 1.82) is 0 Å². The van der Waals surface area contributed by atoms with Crippen LogP contribution in [-0.2, 0) is 4.79 Å². The number of hydrogen-bond donors (Lipinski definition) is 1. The Balaban J connectivity index is 1.94. The lowest BCUT2D eigenvalue weighted by Gasteiger charge is -2.32. The Morgan fingerprint density at radius 3 is 2.58 bits per heavy atom. The molecule has 3 amide bonds. The number of carbonyl (C=O) groups is 2. The van der Waals surface area contributed by atoms with E-state index in [0.29, 0.717) is 26.2 Å². The first-order valence-electron chi connectivity index (χ1n) is 6.11. The lowest BCUT2D eigenvalue weighted by Crippen LogP contribution is -2.49. The molecule has 1 aromatic carbocycles. The number of nitrogens with one attached hydrogen (secondary N) is 1. The SMILES string of the molecule is Cc1cc(NC(=O)N2CCN(C=O)CC2)ccc1Br. The molecule has 1 fully saturated rings. The van der Waals surface area contributed by atoms with E-state index in [0.717, 1.165) is 22.1 Å². The third-order valence-electron chi connectivity index (χ3n) is 3.16. The highest BCUT2D eigenvalue weighted by atomic mass is 79.9. The first-order valence-corrected chi connectivity index (χ1v) is 6.91. The van der Waals surface area contributed by atoms with Crippen LogP contribution in [0, 0.1) is 6.92 Å². The molecule has 0 bridgehead atoms. The number of benzene rings is 1. The van der Waals surface area contributed by atoms with Crippen LogP contribution in [0.4, 0.5) is 10.5 Å². The summed E-state index contributed by atoms with van der Waals surface area (Å²) in [5.74, 6) is 0. The van der Waals surface area contributed by atoms with Crippen LogP contribution in [0.25, 0.3) is 0 Å². The number of anilines is 1. The zero-order valence-electron chi connectivity index (χ0n) is 10.7. The van der Waals surface area contributed by atoms with E-state index in [4.69, 9.17) is 0 Å². The summed E-state index contributed by atoms with van der Waals surface area (Å²) >= 11 is 3.42. The maximum Gasteiger partial charge on any atom is 0.321 e. The molecule has 2 rings (SSSR count). The highest BCUT2D eigenvalue weighted by Crippen LogP contribution is 2.20. The number of carbonyl (C=O) groups excluding carboxylic acids is 2. The van der Waals surface area contributed by atoms with Gasteiger partial charge in [0.2, 0.25) is 6.41 Å². The van der Waals surface area contributed by atoms with Gasteiger partial charge in [0, 0.05) is 36.3 Å². The van der Waals surface area contributed by atoms with Crippen LogP contribution in [0.15, 0.2) is 22.7 Å².